The molecule has 1 amide bonds. The zero-order valence-electron chi connectivity index (χ0n) is 17.0. The normalized spacial score (nSPS) is 24.7. The van der Waals surface area contributed by atoms with Crippen LogP contribution in [0.2, 0.25) is 0 Å². The van der Waals surface area contributed by atoms with Crippen molar-refractivity contribution in [1.82, 2.24) is 4.83 Å². The van der Waals surface area contributed by atoms with Gasteiger partial charge in [-0.15, -0.1) is 0 Å². The van der Waals surface area contributed by atoms with Crippen LogP contribution in [0.5, 0.6) is 0 Å². The molecule has 2 aliphatic rings. The molecular weight excluding hydrogens is 402 g/mol. The smallest absolute Gasteiger partial charge is 0.276 e. The molecule has 8 heteroatoms. The van der Waals surface area contributed by atoms with Gasteiger partial charge >= 0.3 is 0 Å². The van der Waals surface area contributed by atoms with Gasteiger partial charge in [-0.3, -0.25) is 4.79 Å². The van der Waals surface area contributed by atoms with Crippen molar-refractivity contribution in [1.29, 1.82) is 0 Å². The number of carbonyl (C=O) groups is 1. The van der Waals surface area contributed by atoms with Crippen LogP contribution in [0.1, 0.15) is 43.7 Å². The molecule has 2 aromatic rings. The number of benzene rings is 2. The van der Waals surface area contributed by atoms with Crippen molar-refractivity contribution in [3.05, 3.63) is 59.7 Å². The van der Waals surface area contributed by atoms with Crippen molar-refractivity contribution in [2.45, 2.75) is 56.1 Å². The second kappa shape index (κ2) is 7.85. The van der Waals surface area contributed by atoms with Crippen LogP contribution in [0.3, 0.4) is 0 Å². The summed E-state index contributed by atoms with van der Waals surface area (Å²) in [6, 6.07) is 14.0. The number of rotatable bonds is 5. The first kappa shape index (κ1) is 20.6. The summed E-state index contributed by atoms with van der Waals surface area (Å²) in [7, 11) is -3.79. The Bertz CT molecular complexity index is 1100. The van der Waals surface area contributed by atoms with Crippen LogP contribution in [-0.4, -0.2) is 26.1 Å². The van der Waals surface area contributed by atoms with E-state index in [0.717, 1.165) is 29.7 Å². The summed E-state index contributed by atoms with van der Waals surface area (Å²) in [5.74, 6) is -0.237. The molecule has 158 valence electrons. The Morgan fingerprint density at radius 1 is 1.20 bits per heavy atom. The van der Waals surface area contributed by atoms with Crippen molar-refractivity contribution in [3.63, 3.8) is 0 Å². The van der Waals surface area contributed by atoms with E-state index in [0.29, 0.717) is 12.1 Å². The minimum absolute atomic E-state index is 0.147. The fourth-order valence-corrected chi connectivity index (χ4v) is 4.88. The Balaban J connectivity index is 1.65. The summed E-state index contributed by atoms with van der Waals surface area (Å²) >= 11 is 0. The topological polar surface area (TPSA) is 96.9 Å². The van der Waals surface area contributed by atoms with E-state index in [4.69, 9.17) is 4.74 Å². The van der Waals surface area contributed by atoms with Crippen LogP contribution in [0.4, 0.5) is 5.69 Å². The third-order valence-corrected chi connectivity index (χ3v) is 6.75. The molecule has 0 radical (unpaired) electrons. The van der Waals surface area contributed by atoms with Gasteiger partial charge in [-0.25, -0.2) is 4.83 Å². The number of aryl methyl sites for hydroxylation is 1. The molecule has 0 saturated carbocycles. The van der Waals surface area contributed by atoms with E-state index in [-0.39, 0.29) is 23.3 Å². The number of nitrogens with one attached hydrogen (secondary N) is 2. The molecular formula is C22H25N3O4S. The molecule has 2 atom stereocenters. The number of carbonyl (C=O) groups excluding carboxylic acids is 1. The summed E-state index contributed by atoms with van der Waals surface area (Å²) in [5.41, 5.74) is 1.88. The third-order valence-electron chi connectivity index (χ3n) is 5.53. The molecule has 1 saturated heterocycles. The van der Waals surface area contributed by atoms with Crippen LogP contribution in [0.15, 0.2) is 58.5 Å². The fourth-order valence-electron chi connectivity index (χ4n) is 4.04. The molecule has 0 unspecified atom stereocenters. The predicted molar refractivity (Wildman–Crippen MR) is 115 cm³/mol. The molecule has 2 N–H and O–H groups in total. The highest BCUT2D eigenvalue weighted by atomic mass is 32.2. The summed E-state index contributed by atoms with van der Waals surface area (Å²) in [6.45, 7) is 3.94. The first-order chi connectivity index (χ1) is 14.3. The highest BCUT2D eigenvalue weighted by Gasteiger charge is 2.52. The van der Waals surface area contributed by atoms with Crippen molar-refractivity contribution < 1.29 is 17.9 Å². The lowest BCUT2D eigenvalue weighted by Crippen LogP contribution is -2.47. The number of fused-ring (bicyclic) bond motifs is 2. The number of para-hydroxylation sites is 1. The van der Waals surface area contributed by atoms with E-state index < -0.39 is 15.6 Å². The van der Waals surface area contributed by atoms with Crippen molar-refractivity contribution in [2.75, 3.05) is 5.32 Å². The van der Waals surface area contributed by atoms with Crippen molar-refractivity contribution in [3.8, 4) is 0 Å². The summed E-state index contributed by atoms with van der Waals surface area (Å²) < 4.78 is 31.6. The molecule has 0 aliphatic carbocycles. The molecule has 2 aliphatic heterocycles. The highest BCUT2D eigenvalue weighted by molar-refractivity contribution is 7.89. The summed E-state index contributed by atoms with van der Waals surface area (Å²) in [5, 5.41) is 7.12. The number of amides is 1. The lowest BCUT2D eigenvalue weighted by molar-refractivity contribution is -0.153. The van der Waals surface area contributed by atoms with E-state index in [1.165, 1.54) is 0 Å². The largest absolute Gasteiger partial charge is 0.356 e. The maximum atomic E-state index is 12.9. The third kappa shape index (κ3) is 3.73. The average Bonchev–Trinajstić information content (AvgIpc) is 2.98. The number of sulfonamides is 1. The number of hydrogen-bond donors (Lipinski definition) is 2. The second-order valence-electron chi connectivity index (χ2n) is 7.82. The second-order valence-corrected chi connectivity index (χ2v) is 9.48. The molecule has 2 heterocycles. The lowest BCUT2D eigenvalue weighted by Gasteiger charge is -2.37. The minimum Gasteiger partial charge on any atom is -0.356 e. The van der Waals surface area contributed by atoms with Crippen LogP contribution in [-0.2, 0) is 25.2 Å². The van der Waals surface area contributed by atoms with Gasteiger partial charge in [-0.1, -0.05) is 49.2 Å². The molecule has 7 nitrogen and oxygen atoms in total. The minimum atomic E-state index is -3.79. The highest BCUT2D eigenvalue weighted by Crippen LogP contribution is 2.45. The maximum absolute atomic E-state index is 12.9. The van der Waals surface area contributed by atoms with Gasteiger partial charge in [0.1, 0.15) is 0 Å². The number of hydrogen-bond acceptors (Lipinski definition) is 5. The predicted octanol–water partition coefficient (Wildman–Crippen LogP) is 3.46. The monoisotopic (exact) mass is 427 g/mol. The van der Waals surface area contributed by atoms with E-state index in [1.807, 2.05) is 38.1 Å². The summed E-state index contributed by atoms with van der Waals surface area (Å²) in [4.78, 5) is 15.4. The number of hydrazone groups is 1. The summed E-state index contributed by atoms with van der Waals surface area (Å²) in [6.07, 6.45) is 2.09. The first-order valence-electron chi connectivity index (χ1n) is 10.1. The van der Waals surface area contributed by atoms with Gasteiger partial charge in [0, 0.05) is 29.8 Å². The Kier molecular flexibility index (Phi) is 5.38. The van der Waals surface area contributed by atoms with Gasteiger partial charge in [0.05, 0.1) is 11.0 Å². The van der Waals surface area contributed by atoms with Gasteiger partial charge < -0.3 is 10.1 Å². The number of anilines is 1. The molecule has 0 aromatic heterocycles. The zero-order valence-corrected chi connectivity index (χ0v) is 17.8. The van der Waals surface area contributed by atoms with E-state index in [2.05, 4.69) is 15.2 Å². The molecule has 1 fully saturated rings. The fraction of sp³-hybridized carbons (Fsp3) is 0.364. The average molecular weight is 428 g/mol. The standard InChI is InChI=1S/C22H25N3O4S/c1-3-6-17-13-16(24-25-30(27,28)18-11-9-15(2)10-12-18)14-22(29-17)19-7-4-5-8-20(19)23-21(22)26/h4-5,7-12,17,25H,3,6,13-14H2,1-2H3,(H,23,26)/b24-16-/t17-,22+/m0/s1. The van der Waals surface area contributed by atoms with Crippen LogP contribution in [0, 0.1) is 6.92 Å². The molecule has 30 heavy (non-hydrogen) atoms. The van der Waals surface area contributed by atoms with E-state index in [1.54, 1.807) is 24.3 Å². The van der Waals surface area contributed by atoms with Crippen LogP contribution in [0.25, 0.3) is 0 Å². The van der Waals surface area contributed by atoms with E-state index in [9.17, 15) is 13.2 Å². The molecule has 0 bridgehead atoms. The van der Waals surface area contributed by atoms with Crippen LogP contribution >= 0.6 is 0 Å². The van der Waals surface area contributed by atoms with Gasteiger partial charge in [-0.05, 0) is 31.5 Å². The SMILES string of the molecule is CCC[C@H]1C/C(=N/NS(=O)(=O)c2ccc(C)cc2)C[C@]2(O1)C(=O)Nc1ccccc12. The molecule has 4 rings (SSSR count). The van der Waals surface area contributed by atoms with E-state index >= 15 is 0 Å². The Morgan fingerprint density at radius 3 is 2.67 bits per heavy atom. The number of ether oxygens (including phenoxy) is 1. The maximum Gasteiger partial charge on any atom is 0.276 e. The zero-order chi connectivity index (χ0) is 21.4. The van der Waals surface area contributed by atoms with Gasteiger partial charge in [0.25, 0.3) is 15.9 Å². The van der Waals surface area contributed by atoms with Crippen molar-refractivity contribution >= 4 is 27.3 Å². The first-order valence-corrected chi connectivity index (χ1v) is 11.5. The van der Waals surface area contributed by atoms with Gasteiger partial charge in [0.2, 0.25) is 0 Å². The Labute approximate surface area is 176 Å². The molecule has 1 spiro atoms. The van der Waals surface area contributed by atoms with Crippen molar-refractivity contribution in [2.24, 2.45) is 5.10 Å². The lowest BCUT2D eigenvalue weighted by atomic mass is 9.84. The van der Waals surface area contributed by atoms with Gasteiger partial charge in [-0.2, -0.15) is 13.5 Å². The quantitative estimate of drug-likeness (QED) is 0.714. The van der Waals surface area contributed by atoms with Crippen LogP contribution < -0.4 is 10.1 Å². The number of nitrogens with zero attached hydrogens (tertiary/aromatic N) is 1. The molecule has 2 aromatic carbocycles. The van der Waals surface area contributed by atoms with Gasteiger partial charge in [0.15, 0.2) is 5.60 Å². The Morgan fingerprint density at radius 2 is 1.93 bits per heavy atom. The Hall–Kier alpha value is -2.71.